The van der Waals surface area contributed by atoms with Crippen LogP contribution in [0.2, 0.25) is 0 Å². The van der Waals surface area contributed by atoms with Gasteiger partial charge in [-0.25, -0.2) is 0 Å². The van der Waals surface area contributed by atoms with Crippen LogP contribution in [0.25, 0.3) is 0 Å². The van der Waals surface area contributed by atoms with Crippen LogP contribution in [0.1, 0.15) is 34.1 Å². The zero-order chi connectivity index (χ0) is 16.9. The summed E-state index contributed by atoms with van der Waals surface area (Å²) >= 11 is 0. The number of aliphatic hydroxyl groups is 2. The van der Waals surface area contributed by atoms with Crippen LogP contribution in [-0.2, 0) is 9.59 Å². The molecule has 22 heavy (non-hydrogen) atoms. The molecule has 7 nitrogen and oxygen atoms in total. The van der Waals surface area contributed by atoms with E-state index >= 15 is 0 Å². The number of aliphatic hydroxyl groups excluding tert-OH is 2. The molecule has 1 aliphatic rings. The second-order valence-electron chi connectivity index (χ2n) is 6.88. The van der Waals surface area contributed by atoms with E-state index in [0.29, 0.717) is 0 Å². The van der Waals surface area contributed by atoms with Crippen molar-refractivity contribution in [1.82, 2.24) is 16.0 Å². The number of amides is 2. The third-order valence-corrected chi connectivity index (χ3v) is 3.25. The van der Waals surface area contributed by atoms with Crippen LogP contribution in [-0.4, -0.2) is 53.3 Å². The summed E-state index contributed by atoms with van der Waals surface area (Å²) in [7, 11) is 0. The molecule has 0 saturated carbocycles. The first-order valence-corrected chi connectivity index (χ1v) is 7.47. The molecule has 0 fully saturated rings. The second kappa shape index (κ2) is 7.60. The van der Waals surface area contributed by atoms with Gasteiger partial charge in [-0.3, -0.25) is 14.9 Å². The minimum Gasteiger partial charge on any atom is -0.511 e. The maximum absolute atomic E-state index is 12.0. The second-order valence-corrected chi connectivity index (χ2v) is 6.88. The Balaban J connectivity index is 2.45. The van der Waals surface area contributed by atoms with Crippen molar-refractivity contribution in [3.63, 3.8) is 0 Å². The molecular weight excluding hydrogens is 286 g/mol. The molecule has 0 radical (unpaired) electrons. The summed E-state index contributed by atoms with van der Waals surface area (Å²) in [4.78, 5) is 23.8. The number of nitrogens with one attached hydrogen (secondary N) is 3. The van der Waals surface area contributed by atoms with E-state index in [4.69, 9.17) is 0 Å². The van der Waals surface area contributed by atoms with Gasteiger partial charge >= 0.3 is 0 Å². The molecule has 1 unspecified atom stereocenters. The maximum Gasteiger partial charge on any atom is 0.245 e. The van der Waals surface area contributed by atoms with Gasteiger partial charge in [-0.1, -0.05) is 20.8 Å². The Hall–Kier alpha value is -1.60. The van der Waals surface area contributed by atoms with Gasteiger partial charge in [0.1, 0.15) is 11.8 Å². The van der Waals surface area contributed by atoms with Crippen LogP contribution < -0.4 is 16.0 Å². The smallest absolute Gasteiger partial charge is 0.245 e. The standard InChI is InChI=1S/C15H27N3O4/c1-9-5-12(20)10(17-9)7-16-14(22)11(8-19)18-13(21)6-15(2,3)4/h5,9-11,17,19-20H,6-8H2,1-4H3,(H,16,22)(H,18,21)/t9-,10-,11?/m1/s1. The predicted octanol–water partition coefficient (Wildman–Crippen LogP) is -0.182. The molecule has 1 aliphatic heterocycles. The minimum atomic E-state index is -0.986. The third-order valence-electron chi connectivity index (χ3n) is 3.25. The highest BCUT2D eigenvalue weighted by Gasteiger charge is 2.26. The highest BCUT2D eigenvalue weighted by Crippen LogP contribution is 2.17. The van der Waals surface area contributed by atoms with Crippen LogP contribution in [0.15, 0.2) is 11.8 Å². The fourth-order valence-corrected chi connectivity index (χ4v) is 2.23. The number of carbonyl (C=O) groups is 2. The number of rotatable bonds is 6. The van der Waals surface area contributed by atoms with E-state index in [1.807, 2.05) is 27.7 Å². The van der Waals surface area contributed by atoms with E-state index in [0.717, 1.165) is 0 Å². The molecule has 0 aromatic heterocycles. The van der Waals surface area contributed by atoms with Crippen molar-refractivity contribution in [2.24, 2.45) is 5.41 Å². The van der Waals surface area contributed by atoms with Crippen LogP contribution in [0.5, 0.6) is 0 Å². The zero-order valence-corrected chi connectivity index (χ0v) is 13.6. The van der Waals surface area contributed by atoms with Crippen LogP contribution in [0.4, 0.5) is 0 Å². The Morgan fingerprint density at radius 2 is 2.05 bits per heavy atom. The first kappa shape index (κ1) is 18.4. The van der Waals surface area contributed by atoms with Crippen molar-refractivity contribution in [2.75, 3.05) is 13.2 Å². The number of hydrogen-bond acceptors (Lipinski definition) is 5. The molecule has 0 aromatic carbocycles. The van der Waals surface area contributed by atoms with Crippen LogP contribution >= 0.6 is 0 Å². The summed E-state index contributed by atoms with van der Waals surface area (Å²) in [5.41, 5.74) is -0.193. The third kappa shape index (κ3) is 6.03. The molecule has 1 rings (SSSR count). The molecule has 0 bridgehead atoms. The quantitative estimate of drug-likeness (QED) is 0.467. The van der Waals surface area contributed by atoms with Crippen molar-refractivity contribution in [1.29, 1.82) is 0 Å². The lowest BCUT2D eigenvalue weighted by molar-refractivity contribution is -0.130. The first-order valence-electron chi connectivity index (χ1n) is 7.47. The Labute approximate surface area is 131 Å². The molecule has 7 heteroatoms. The molecular formula is C15H27N3O4. The molecule has 3 atom stereocenters. The molecule has 126 valence electrons. The van der Waals surface area contributed by atoms with Crippen LogP contribution in [0.3, 0.4) is 0 Å². The van der Waals surface area contributed by atoms with Crippen molar-refractivity contribution in [2.45, 2.75) is 52.2 Å². The molecule has 0 aliphatic carbocycles. The summed E-state index contributed by atoms with van der Waals surface area (Å²) in [6, 6.07) is -1.29. The molecule has 0 aromatic rings. The van der Waals surface area contributed by atoms with Gasteiger partial charge in [-0.2, -0.15) is 0 Å². The monoisotopic (exact) mass is 313 g/mol. The summed E-state index contributed by atoms with van der Waals surface area (Å²) in [6.45, 7) is 7.37. The summed E-state index contributed by atoms with van der Waals surface area (Å²) in [5, 5.41) is 27.2. The summed E-state index contributed by atoms with van der Waals surface area (Å²) < 4.78 is 0. The Bertz CT molecular complexity index is 443. The fraction of sp³-hybridized carbons (Fsp3) is 0.733. The topological polar surface area (TPSA) is 111 Å². The lowest BCUT2D eigenvalue weighted by Crippen LogP contribution is -2.52. The van der Waals surface area contributed by atoms with Gasteiger partial charge in [0.05, 0.1) is 12.6 Å². The van der Waals surface area contributed by atoms with E-state index in [2.05, 4.69) is 16.0 Å². The van der Waals surface area contributed by atoms with Crippen molar-refractivity contribution >= 4 is 11.8 Å². The van der Waals surface area contributed by atoms with Gasteiger partial charge in [-0.15, -0.1) is 0 Å². The van der Waals surface area contributed by atoms with Crippen molar-refractivity contribution < 1.29 is 19.8 Å². The number of carbonyl (C=O) groups excluding carboxylic acids is 2. The first-order chi connectivity index (χ1) is 10.1. The van der Waals surface area contributed by atoms with E-state index in [-0.39, 0.29) is 42.1 Å². The highest BCUT2D eigenvalue weighted by atomic mass is 16.3. The molecule has 2 amide bonds. The van der Waals surface area contributed by atoms with Crippen molar-refractivity contribution in [3.05, 3.63) is 11.8 Å². The fourth-order valence-electron chi connectivity index (χ4n) is 2.23. The van der Waals surface area contributed by atoms with Crippen LogP contribution in [0, 0.1) is 5.41 Å². The average Bonchev–Trinajstić information content (AvgIpc) is 2.69. The number of hydrogen-bond donors (Lipinski definition) is 5. The normalized spacial score (nSPS) is 22.9. The molecule has 0 spiro atoms. The van der Waals surface area contributed by atoms with Gasteiger partial charge < -0.3 is 20.8 Å². The summed E-state index contributed by atoms with van der Waals surface area (Å²) in [6.07, 6.45) is 1.94. The van der Waals surface area contributed by atoms with Gasteiger partial charge in [-0.05, 0) is 18.4 Å². The zero-order valence-electron chi connectivity index (χ0n) is 13.6. The van der Waals surface area contributed by atoms with E-state index in [1.165, 1.54) is 0 Å². The van der Waals surface area contributed by atoms with E-state index < -0.39 is 18.6 Å². The van der Waals surface area contributed by atoms with Gasteiger partial charge in [0.25, 0.3) is 0 Å². The van der Waals surface area contributed by atoms with Gasteiger partial charge in [0, 0.05) is 19.0 Å². The van der Waals surface area contributed by atoms with E-state index in [9.17, 15) is 19.8 Å². The average molecular weight is 313 g/mol. The lowest BCUT2D eigenvalue weighted by atomic mass is 9.92. The SMILES string of the molecule is C[C@@H]1C=C(O)[C@@H](CNC(=O)C(CO)NC(=O)CC(C)(C)C)N1. The Morgan fingerprint density at radius 1 is 1.41 bits per heavy atom. The Kier molecular flexibility index (Phi) is 6.37. The van der Waals surface area contributed by atoms with Gasteiger partial charge in [0.15, 0.2) is 0 Å². The maximum atomic E-state index is 12.0. The van der Waals surface area contributed by atoms with E-state index in [1.54, 1.807) is 6.08 Å². The lowest BCUT2D eigenvalue weighted by Gasteiger charge is -2.22. The van der Waals surface area contributed by atoms with Gasteiger partial charge in [0.2, 0.25) is 11.8 Å². The van der Waals surface area contributed by atoms with Crippen molar-refractivity contribution in [3.8, 4) is 0 Å². The molecule has 5 N–H and O–H groups in total. The summed E-state index contributed by atoms with van der Waals surface area (Å²) in [5.74, 6) is -0.568. The Morgan fingerprint density at radius 3 is 2.50 bits per heavy atom. The molecule has 1 heterocycles. The highest BCUT2D eigenvalue weighted by molar-refractivity contribution is 5.87. The largest absolute Gasteiger partial charge is 0.511 e. The minimum absolute atomic E-state index is 0.0435. The predicted molar refractivity (Wildman–Crippen MR) is 83.2 cm³/mol. The molecule has 0 saturated heterocycles.